The topological polar surface area (TPSA) is 179 Å². The van der Waals surface area contributed by atoms with Crippen molar-refractivity contribution in [1.82, 2.24) is 0 Å². The third-order valence-corrected chi connectivity index (χ3v) is 4.17. The van der Waals surface area contributed by atoms with E-state index in [1.807, 2.05) is 0 Å². The molecule has 0 aromatic rings. The molecule has 6 unspecified atom stereocenters. The Balaban J connectivity index is 1.96. The van der Waals surface area contributed by atoms with Crippen molar-refractivity contribution >= 4 is 0 Å². The molecule has 0 aromatic heterocycles. The maximum atomic E-state index is 9.91. The lowest BCUT2D eigenvalue weighted by Crippen LogP contribution is -2.61. The van der Waals surface area contributed by atoms with E-state index in [1.54, 1.807) is 0 Å². The molecule has 2 heterocycles. The number of ether oxygens (including phenoxy) is 4. The fourth-order valence-electron chi connectivity index (χ4n) is 2.64. The number of methoxy groups -OCH3 is 1. The van der Waals surface area contributed by atoms with Crippen LogP contribution >= 0.6 is 0 Å². The van der Waals surface area contributed by atoms with Crippen molar-refractivity contribution in [3.63, 3.8) is 0 Å². The molecule has 2 fully saturated rings. The van der Waals surface area contributed by atoms with Crippen LogP contribution in [0.15, 0.2) is 0 Å². The largest absolute Gasteiger partial charge is 0.394 e. The molecule has 0 amide bonds. The van der Waals surface area contributed by atoms with Crippen LogP contribution < -0.4 is 0 Å². The standard InChI is InChI=1S/C13H24O11/c1-21-12-10(19)9(18)7(16)5(24-12)3-22-13-11(20)8(17)6(15)4(2-14)23-13/h4-20H,2-3H2,1H3/t4?,5?,6-,7-,8?,9?,10?,11?,12+,13+/m0/s1. The Hall–Kier alpha value is -0.440. The first-order valence-corrected chi connectivity index (χ1v) is 7.46. The van der Waals surface area contributed by atoms with Crippen LogP contribution in [-0.4, -0.2) is 117 Å². The average Bonchev–Trinajstić information content (AvgIpc) is 2.58. The van der Waals surface area contributed by atoms with Gasteiger partial charge in [0, 0.05) is 7.11 Å². The number of aliphatic hydroxyl groups is 7. The highest BCUT2D eigenvalue weighted by Gasteiger charge is 2.47. The number of hydrogen-bond acceptors (Lipinski definition) is 11. The summed E-state index contributed by atoms with van der Waals surface area (Å²) >= 11 is 0. The van der Waals surface area contributed by atoms with Gasteiger partial charge in [-0.1, -0.05) is 0 Å². The van der Waals surface area contributed by atoms with Crippen molar-refractivity contribution in [2.75, 3.05) is 20.3 Å². The van der Waals surface area contributed by atoms with Crippen molar-refractivity contribution in [1.29, 1.82) is 0 Å². The van der Waals surface area contributed by atoms with Gasteiger partial charge in [0.1, 0.15) is 48.8 Å². The predicted octanol–water partition coefficient (Wildman–Crippen LogP) is -4.74. The molecular formula is C13H24O11. The Morgan fingerprint density at radius 2 is 1.21 bits per heavy atom. The molecule has 0 bridgehead atoms. The van der Waals surface area contributed by atoms with Gasteiger partial charge in [0.05, 0.1) is 13.2 Å². The van der Waals surface area contributed by atoms with Crippen molar-refractivity contribution < 1.29 is 54.7 Å². The molecule has 0 spiro atoms. The predicted molar refractivity (Wildman–Crippen MR) is 73.4 cm³/mol. The van der Waals surface area contributed by atoms with E-state index in [1.165, 1.54) is 7.11 Å². The minimum absolute atomic E-state index is 0.381. The molecule has 0 radical (unpaired) electrons. The molecule has 142 valence electrons. The lowest BCUT2D eigenvalue weighted by molar-refractivity contribution is -0.328. The Kier molecular flexibility index (Phi) is 6.87. The second-order valence-corrected chi connectivity index (χ2v) is 5.78. The van der Waals surface area contributed by atoms with Gasteiger partial charge in [0.15, 0.2) is 12.6 Å². The van der Waals surface area contributed by atoms with Crippen molar-refractivity contribution in [3.05, 3.63) is 0 Å². The third kappa shape index (κ3) is 3.86. The summed E-state index contributed by atoms with van der Waals surface area (Å²) in [4.78, 5) is 0. The lowest BCUT2D eigenvalue weighted by atomic mass is 9.98. The highest BCUT2D eigenvalue weighted by molar-refractivity contribution is 4.91. The van der Waals surface area contributed by atoms with Crippen LogP contribution in [0.1, 0.15) is 0 Å². The van der Waals surface area contributed by atoms with E-state index in [2.05, 4.69) is 0 Å². The second kappa shape index (κ2) is 8.29. The molecule has 7 N–H and O–H groups in total. The smallest absolute Gasteiger partial charge is 0.186 e. The summed E-state index contributed by atoms with van der Waals surface area (Å²) in [5.74, 6) is 0. The Bertz CT molecular complexity index is 356. The molecule has 2 aliphatic rings. The SMILES string of the molecule is CO[C@@H]1OC(CO[C@@H]2OC(CO)[C@H](O)C(O)C2O)[C@H](O)C(O)C1O. The van der Waals surface area contributed by atoms with Gasteiger partial charge in [0.25, 0.3) is 0 Å². The van der Waals surface area contributed by atoms with Crippen molar-refractivity contribution in [2.45, 2.75) is 61.4 Å². The molecular weight excluding hydrogens is 332 g/mol. The van der Waals surface area contributed by atoms with Gasteiger partial charge in [-0.05, 0) is 0 Å². The molecule has 2 saturated heterocycles. The first kappa shape index (κ1) is 19.9. The van der Waals surface area contributed by atoms with Crippen LogP contribution in [0.3, 0.4) is 0 Å². The fraction of sp³-hybridized carbons (Fsp3) is 1.00. The van der Waals surface area contributed by atoms with E-state index >= 15 is 0 Å². The fourth-order valence-corrected chi connectivity index (χ4v) is 2.64. The minimum Gasteiger partial charge on any atom is -0.394 e. The molecule has 24 heavy (non-hydrogen) atoms. The number of hydrogen-bond donors (Lipinski definition) is 7. The molecule has 0 saturated carbocycles. The van der Waals surface area contributed by atoms with Crippen molar-refractivity contribution in [2.24, 2.45) is 0 Å². The van der Waals surface area contributed by atoms with E-state index in [0.29, 0.717) is 0 Å². The average molecular weight is 356 g/mol. The number of rotatable bonds is 5. The van der Waals surface area contributed by atoms with Gasteiger partial charge >= 0.3 is 0 Å². The summed E-state index contributed by atoms with van der Waals surface area (Å²) < 4.78 is 20.5. The van der Waals surface area contributed by atoms with Gasteiger partial charge in [-0.2, -0.15) is 0 Å². The van der Waals surface area contributed by atoms with Gasteiger partial charge in [-0.15, -0.1) is 0 Å². The molecule has 0 aromatic carbocycles. The van der Waals surface area contributed by atoms with Crippen LogP contribution in [0.4, 0.5) is 0 Å². The maximum Gasteiger partial charge on any atom is 0.186 e. The zero-order chi connectivity index (χ0) is 18.0. The van der Waals surface area contributed by atoms with Gasteiger partial charge in [0.2, 0.25) is 0 Å². The van der Waals surface area contributed by atoms with Crippen LogP contribution in [0.25, 0.3) is 0 Å². The Morgan fingerprint density at radius 3 is 1.75 bits per heavy atom. The van der Waals surface area contributed by atoms with Crippen LogP contribution in [-0.2, 0) is 18.9 Å². The first-order chi connectivity index (χ1) is 11.3. The normalized spacial score (nSPS) is 50.0. The monoisotopic (exact) mass is 356 g/mol. The van der Waals surface area contributed by atoms with Crippen LogP contribution in [0.5, 0.6) is 0 Å². The summed E-state index contributed by atoms with van der Waals surface area (Å²) in [7, 11) is 1.24. The maximum absolute atomic E-state index is 9.91. The molecule has 0 aliphatic carbocycles. The van der Waals surface area contributed by atoms with Gasteiger partial charge in [-0.3, -0.25) is 0 Å². The number of aliphatic hydroxyl groups excluding tert-OH is 7. The van der Waals surface area contributed by atoms with Crippen LogP contribution in [0, 0.1) is 0 Å². The molecule has 2 rings (SSSR count). The molecule has 11 heteroatoms. The highest BCUT2D eigenvalue weighted by Crippen LogP contribution is 2.25. The zero-order valence-corrected chi connectivity index (χ0v) is 13.0. The third-order valence-electron chi connectivity index (χ3n) is 4.17. The molecule has 2 aliphatic heterocycles. The summed E-state index contributed by atoms with van der Waals surface area (Å²) in [5.41, 5.74) is 0. The summed E-state index contributed by atoms with van der Waals surface area (Å²) in [6.45, 7) is -0.989. The zero-order valence-electron chi connectivity index (χ0n) is 13.0. The Labute approximate surface area is 137 Å². The Morgan fingerprint density at radius 1 is 0.708 bits per heavy atom. The van der Waals surface area contributed by atoms with E-state index in [9.17, 15) is 30.6 Å². The van der Waals surface area contributed by atoms with E-state index in [4.69, 9.17) is 24.1 Å². The summed E-state index contributed by atoms with van der Waals surface area (Å²) in [6, 6.07) is 0. The van der Waals surface area contributed by atoms with Crippen molar-refractivity contribution in [3.8, 4) is 0 Å². The summed E-state index contributed by atoms with van der Waals surface area (Å²) in [5, 5.41) is 67.6. The molecule has 10 atom stereocenters. The highest BCUT2D eigenvalue weighted by atomic mass is 16.7. The van der Waals surface area contributed by atoms with Gasteiger partial charge < -0.3 is 54.7 Å². The second-order valence-electron chi connectivity index (χ2n) is 5.78. The van der Waals surface area contributed by atoms with E-state index in [0.717, 1.165) is 0 Å². The van der Waals surface area contributed by atoms with E-state index < -0.39 is 68.0 Å². The summed E-state index contributed by atoms with van der Waals surface area (Å²) in [6.07, 6.45) is -14.0. The quantitative estimate of drug-likeness (QED) is 0.251. The molecule has 11 nitrogen and oxygen atoms in total. The van der Waals surface area contributed by atoms with E-state index in [-0.39, 0.29) is 6.61 Å². The first-order valence-electron chi connectivity index (χ1n) is 7.46. The van der Waals surface area contributed by atoms with Crippen LogP contribution in [0.2, 0.25) is 0 Å². The minimum atomic E-state index is -1.60. The van der Waals surface area contributed by atoms with Gasteiger partial charge in [-0.25, -0.2) is 0 Å². The lowest BCUT2D eigenvalue weighted by Gasteiger charge is -2.42.